The third-order valence-electron chi connectivity index (χ3n) is 17.0. The molecule has 0 saturated carbocycles. The highest BCUT2D eigenvalue weighted by Gasteiger charge is 2.52. The van der Waals surface area contributed by atoms with Gasteiger partial charge in [-0.3, -0.25) is 0 Å². The van der Waals surface area contributed by atoms with Crippen LogP contribution >= 0.6 is 0 Å². The summed E-state index contributed by atoms with van der Waals surface area (Å²) in [5.41, 5.74) is 24.2. The fourth-order valence-electron chi connectivity index (χ4n) is 14.0. The normalized spacial score (nSPS) is 14.9. The predicted molar refractivity (Wildman–Crippen MR) is 303 cm³/mol. The molecule has 338 valence electrons. The van der Waals surface area contributed by atoms with Gasteiger partial charge in [0, 0.05) is 22.5 Å². The van der Waals surface area contributed by atoms with E-state index < -0.39 is 13.5 Å². The van der Waals surface area contributed by atoms with Crippen LogP contribution < -0.4 is 25.6 Å². The van der Waals surface area contributed by atoms with Gasteiger partial charge in [0.1, 0.15) is 0 Å². The lowest BCUT2D eigenvalue weighted by atomic mass is 9.70. The van der Waals surface area contributed by atoms with Gasteiger partial charge < -0.3 is 4.90 Å². The molecule has 11 aromatic carbocycles. The third kappa shape index (κ3) is 5.37. The number of hydrogen-bond acceptors (Lipinski definition) is 1. The summed E-state index contributed by atoms with van der Waals surface area (Å²) in [5, 5.41) is 5.66. The first-order valence-electron chi connectivity index (χ1n) is 25.4. The zero-order valence-electron chi connectivity index (χ0n) is 40.3. The first kappa shape index (κ1) is 41.2. The maximum Gasteiger partial charge on any atom is 0.180 e. The first-order chi connectivity index (χ1) is 35.5. The Morgan fingerprint density at radius 3 is 1.38 bits per heavy atom. The van der Waals surface area contributed by atoms with Crippen molar-refractivity contribution in [1.82, 2.24) is 0 Å². The van der Waals surface area contributed by atoms with Crippen molar-refractivity contribution in [3.63, 3.8) is 0 Å². The molecule has 1 aliphatic heterocycles. The second-order valence-corrected chi connectivity index (χ2v) is 24.4. The Labute approximate surface area is 423 Å². The summed E-state index contributed by atoms with van der Waals surface area (Å²) in [6.07, 6.45) is 0. The summed E-state index contributed by atoms with van der Waals surface area (Å²) in [4.78, 5) is 2.52. The Morgan fingerprint density at radius 2 is 0.736 bits per heavy atom. The van der Waals surface area contributed by atoms with E-state index in [1.165, 1.54) is 110 Å². The van der Waals surface area contributed by atoms with Gasteiger partial charge in [-0.2, -0.15) is 0 Å². The fourth-order valence-corrected chi connectivity index (χ4v) is 19.3. The molecule has 0 fully saturated rings. The van der Waals surface area contributed by atoms with Gasteiger partial charge in [0.25, 0.3) is 0 Å². The molecule has 0 bridgehead atoms. The van der Waals surface area contributed by atoms with E-state index in [4.69, 9.17) is 0 Å². The minimum absolute atomic E-state index is 0.0715. The zero-order chi connectivity index (χ0) is 47.8. The van der Waals surface area contributed by atoms with E-state index in [-0.39, 0.29) is 5.41 Å². The van der Waals surface area contributed by atoms with Crippen LogP contribution in [0.4, 0.5) is 17.1 Å². The Hall–Kier alpha value is -8.56. The van der Waals surface area contributed by atoms with Crippen molar-refractivity contribution >= 4 is 45.9 Å². The number of hydrogen-bond donors (Lipinski definition) is 0. The Kier molecular flexibility index (Phi) is 8.72. The minimum atomic E-state index is -2.79. The molecule has 0 atom stereocenters. The summed E-state index contributed by atoms with van der Waals surface area (Å²) < 4.78 is 0. The van der Waals surface area contributed by atoms with Crippen molar-refractivity contribution in [3.05, 3.63) is 294 Å². The topological polar surface area (TPSA) is 3.24 Å². The predicted octanol–water partition coefficient (Wildman–Crippen LogP) is 14.8. The van der Waals surface area contributed by atoms with Crippen molar-refractivity contribution < 1.29 is 0 Å². The molecule has 0 aromatic heterocycles. The van der Waals surface area contributed by atoms with Crippen LogP contribution in [0.1, 0.15) is 47.2 Å². The van der Waals surface area contributed by atoms with Gasteiger partial charge in [0.05, 0.1) is 5.41 Å². The lowest BCUT2D eigenvalue weighted by molar-refractivity contribution is 0.660. The van der Waals surface area contributed by atoms with E-state index in [9.17, 15) is 0 Å². The first-order valence-corrected chi connectivity index (χ1v) is 27.4. The van der Waals surface area contributed by atoms with Gasteiger partial charge in [-0.25, -0.2) is 0 Å². The van der Waals surface area contributed by atoms with Crippen LogP contribution in [0.15, 0.2) is 261 Å². The van der Waals surface area contributed by atoms with Crippen molar-refractivity contribution in [2.24, 2.45) is 0 Å². The van der Waals surface area contributed by atoms with Gasteiger partial charge in [0.15, 0.2) is 8.07 Å². The molecule has 3 aliphatic carbocycles. The number of rotatable bonds is 6. The molecule has 2 heteroatoms. The van der Waals surface area contributed by atoms with Crippen LogP contribution in [0.3, 0.4) is 0 Å². The van der Waals surface area contributed by atoms with Crippen LogP contribution in [0.2, 0.25) is 0 Å². The van der Waals surface area contributed by atoms with Crippen molar-refractivity contribution in [3.8, 4) is 55.6 Å². The van der Waals surface area contributed by atoms with Crippen LogP contribution in [0, 0.1) is 0 Å². The summed E-state index contributed by atoms with van der Waals surface area (Å²) in [5.74, 6) is 0. The van der Waals surface area contributed by atoms with Crippen LogP contribution in [-0.4, -0.2) is 8.07 Å². The Morgan fingerprint density at radius 1 is 0.292 bits per heavy atom. The molecule has 4 aliphatic rings. The molecule has 1 nitrogen and oxygen atoms in total. The molecule has 11 aromatic rings. The molecule has 0 amide bonds. The lowest BCUT2D eigenvalue weighted by Crippen LogP contribution is -2.72. The van der Waals surface area contributed by atoms with Crippen molar-refractivity contribution in [1.29, 1.82) is 0 Å². The van der Waals surface area contributed by atoms with Crippen LogP contribution in [0.25, 0.3) is 55.6 Å². The average molecular weight is 932 g/mol. The van der Waals surface area contributed by atoms with E-state index in [2.05, 4.69) is 280 Å². The quantitative estimate of drug-likeness (QED) is 0.150. The van der Waals surface area contributed by atoms with Crippen molar-refractivity contribution in [2.75, 3.05) is 4.90 Å². The molecule has 0 saturated heterocycles. The Balaban J connectivity index is 0.955. The highest BCUT2D eigenvalue weighted by molar-refractivity contribution is 7.22. The van der Waals surface area contributed by atoms with Crippen molar-refractivity contribution in [2.45, 2.75) is 24.7 Å². The largest absolute Gasteiger partial charge is 0.310 e. The number of nitrogens with zero attached hydrogens (tertiary/aromatic N) is 1. The van der Waals surface area contributed by atoms with E-state index in [0.717, 1.165) is 17.1 Å². The second kappa shape index (κ2) is 15.2. The molecular formula is C70H49NSi. The Bertz CT molecular complexity index is 3940. The van der Waals surface area contributed by atoms with Crippen LogP contribution in [-0.2, 0) is 10.8 Å². The third-order valence-corrected chi connectivity index (χ3v) is 21.8. The lowest BCUT2D eigenvalue weighted by Gasteiger charge is -2.33. The van der Waals surface area contributed by atoms with Gasteiger partial charge in [-0.05, 0) is 146 Å². The molecule has 72 heavy (non-hydrogen) atoms. The SMILES string of the molecule is CC1(C)c2ccccc2-c2c(-c3ccc(N(c4cccc([Si]5(c6ccccc6)c6ccccc6-c6ccccc65)c4)c4ccc5c(c4)-c4ccccc4C54c5ccccc5-c5ccccc54)cc3)cccc21. The smallest absolute Gasteiger partial charge is 0.180 e. The van der Waals surface area contributed by atoms with E-state index >= 15 is 0 Å². The highest BCUT2D eigenvalue weighted by Crippen LogP contribution is 2.63. The molecule has 0 unspecified atom stereocenters. The summed E-state index contributed by atoms with van der Waals surface area (Å²) in [7, 11) is -2.79. The molecule has 15 rings (SSSR count). The maximum atomic E-state index is 2.53. The minimum Gasteiger partial charge on any atom is -0.310 e. The van der Waals surface area contributed by atoms with Gasteiger partial charge >= 0.3 is 0 Å². The summed E-state index contributed by atoms with van der Waals surface area (Å²) in [6.45, 7) is 4.73. The van der Waals surface area contributed by atoms with Gasteiger partial charge in [-0.15, -0.1) is 0 Å². The second-order valence-electron chi connectivity index (χ2n) is 20.7. The number of benzene rings is 11. The fraction of sp³-hybridized carbons (Fsp3) is 0.0571. The maximum absolute atomic E-state index is 2.79. The standard InChI is InChI=1S/C70H49NSi/c1-69(2)60-31-12-9-29-58(60)68-52(30-19-35-65(68)69)46-38-40-47(41-39-46)71(48-20-18-23-51(44-48)72(50-21-4-3-5-22-50)66-36-16-10-27-56(66)57-28-11-17-37-67(57)72)49-42-43-64-59(45-49)55-26-8-15-34-63(55)70(64)61-32-13-6-24-53(61)54-25-7-14-33-62(54)70/h3-45H,1-2H3. The van der Waals surface area contributed by atoms with E-state index in [1.54, 1.807) is 0 Å². The summed E-state index contributed by atoms with van der Waals surface area (Å²) >= 11 is 0. The van der Waals surface area contributed by atoms with Crippen LogP contribution in [0.5, 0.6) is 0 Å². The monoisotopic (exact) mass is 931 g/mol. The van der Waals surface area contributed by atoms with E-state index in [0.29, 0.717) is 0 Å². The van der Waals surface area contributed by atoms with E-state index in [1.807, 2.05) is 0 Å². The number of anilines is 3. The highest BCUT2D eigenvalue weighted by atomic mass is 28.3. The molecule has 1 spiro atoms. The molecular weight excluding hydrogens is 883 g/mol. The van der Waals surface area contributed by atoms with Gasteiger partial charge in [0.2, 0.25) is 0 Å². The summed E-state index contributed by atoms with van der Waals surface area (Å²) in [6, 6.07) is 99.2. The zero-order valence-corrected chi connectivity index (χ0v) is 41.3. The molecule has 1 heterocycles. The molecule has 0 N–H and O–H groups in total. The molecule has 0 radical (unpaired) electrons. The number of fused-ring (bicyclic) bond motifs is 16. The average Bonchev–Trinajstić information content (AvgIpc) is 4.10. The van der Waals surface area contributed by atoms with Gasteiger partial charge in [-0.1, -0.05) is 238 Å².